The lowest BCUT2D eigenvalue weighted by Crippen LogP contribution is -2.36. The molecule has 22 heavy (non-hydrogen) atoms. The quantitative estimate of drug-likeness (QED) is 0.858. The summed E-state index contributed by atoms with van der Waals surface area (Å²) in [7, 11) is 0. The molecule has 0 spiro atoms. The zero-order valence-electron chi connectivity index (χ0n) is 12.3. The van der Waals surface area contributed by atoms with E-state index in [1.807, 2.05) is 19.1 Å². The van der Waals surface area contributed by atoms with Crippen LogP contribution in [0.1, 0.15) is 23.7 Å². The van der Waals surface area contributed by atoms with Crippen LogP contribution in [0.15, 0.2) is 39.5 Å². The van der Waals surface area contributed by atoms with E-state index in [-0.39, 0.29) is 29.9 Å². The topological polar surface area (TPSA) is 76.5 Å². The van der Waals surface area contributed by atoms with Crippen LogP contribution < -0.4 is 11.4 Å². The monoisotopic (exact) mass is 322 g/mol. The summed E-state index contributed by atoms with van der Waals surface area (Å²) in [5, 5.41) is 0.752. The average Bonchev–Trinajstić information content (AvgIpc) is 2.87. The molecule has 5 nitrogen and oxygen atoms in total. The molecule has 1 aliphatic heterocycles. The molecule has 2 unspecified atom stereocenters. The minimum Gasteiger partial charge on any atom is -0.422 e. The van der Waals surface area contributed by atoms with Crippen molar-refractivity contribution < 1.29 is 9.21 Å². The summed E-state index contributed by atoms with van der Waals surface area (Å²) in [4.78, 5) is 26.4. The van der Waals surface area contributed by atoms with Crippen molar-refractivity contribution in [1.82, 2.24) is 4.90 Å². The lowest BCUT2D eigenvalue weighted by molar-refractivity contribution is 0.0739. The predicted octanol–water partition coefficient (Wildman–Crippen LogP) is 2.02. The van der Waals surface area contributed by atoms with Gasteiger partial charge in [-0.25, -0.2) is 4.79 Å². The first kappa shape index (κ1) is 16.5. The lowest BCUT2D eigenvalue weighted by Gasteiger charge is -2.21. The zero-order chi connectivity index (χ0) is 15.0. The van der Waals surface area contributed by atoms with E-state index in [4.69, 9.17) is 10.2 Å². The number of hydrogen-bond acceptors (Lipinski definition) is 4. The summed E-state index contributed by atoms with van der Waals surface area (Å²) in [5.74, 6) is 0.0365. The van der Waals surface area contributed by atoms with E-state index in [0.29, 0.717) is 24.6 Å². The number of hydrogen-bond donors (Lipinski definition) is 1. The minimum atomic E-state index is -0.581. The highest BCUT2D eigenvalue weighted by atomic mass is 35.5. The summed E-state index contributed by atoms with van der Waals surface area (Å²) in [6, 6.07) is 8.89. The summed E-state index contributed by atoms with van der Waals surface area (Å²) < 4.78 is 5.23. The van der Waals surface area contributed by atoms with Crippen molar-refractivity contribution in [1.29, 1.82) is 0 Å². The van der Waals surface area contributed by atoms with Gasteiger partial charge in [0, 0.05) is 18.0 Å². The van der Waals surface area contributed by atoms with Gasteiger partial charge in [0.25, 0.3) is 5.91 Å². The Balaban J connectivity index is 0.00000176. The van der Waals surface area contributed by atoms with E-state index in [9.17, 15) is 9.59 Å². The molecule has 118 valence electrons. The number of likely N-dealkylation sites (tertiary alicyclic amines) is 1. The first-order valence-corrected chi connectivity index (χ1v) is 7.14. The number of nitrogens with two attached hydrogens (primary N) is 1. The van der Waals surface area contributed by atoms with E-state index in [1.54, 1.807) is 23.1 Å². The second-order valence-electron chi connectivity index (χ2n) is 5.63. The highest BCUT2D eigenvalue weighted by molar-refractivity contribution is 5.97. The molecule has 2 heterocycles. The third-order valence-corrected chi connectivity index (χ3v) is 4.13. The number of benzene rings is 1. The lowest BCUT2D eigenvalue weighted by atomic mass is 10.1. The Bertz CT molecular complexity index is 743. The number of rotatable bonds is 2. The van der Waals surface area contributed by atoms with Crippen LogP contribution in [0.25, 0.3) is 11.0 Å². The predicted molar refractivity (Wildman–Crippen MR) is 87.4 cm³/mol. The molecule has 2 N–H and O–H groups in total. The van der Waals surface area contributed by atoms with Gasteiger partial charge in [-0.05, 0) is 37.9 Å². The molecule has 0 radical (unpaired) electrons. The van der Waals surface area contributed by atoms with Gasteiger partial charge in [-0.1, -0.05) is 18.2 Å². The van der Waals surface area contributed by atoms with Crippen LogP contribution in [0, 0.1) is 5.92 Å². The van der Waals surface area contributed by atoms with Crippen molar-refractivity contribution in [2.45, 2.75) is 19.4 Å². The number of nitrogens with zero attached hydrogens (tertiary/aromatic N) is 1. The molecule has 1 saturated heterocycles. The van der Waals surface area contributed by atoms with Gasteiger partial charge in [-0.2, -0.15) is 0 Å². The van der Waals surface area contributed by atoms with Gasteiger partial charge in [0.15, 0.2) is 0 Å². The fourth-order valence-corrected chi connectivity index (χ4v) is 2.96. The van der Waals surface area contributed by atoms with Crippen molar-refractivity contribution in [3.05, 3.63) is 46.3 Å². The van der Waals surface area contributed by atoms with Crippen LogP contribution in [-0.4, -0.2) is 29.9 Å². The molecule has 1 aromatic carbocycles. The maximum Gasteiger partial charge on any atom is 0.349 e. The van der Waals surface area contributed by atoms with Crippen LogP contribution in [0.4, 0.5) is 0 Å². The number of carbonyl (C=O) groups is 1. The number of para-hydroxylation sites is 1. The third kappa shape index (κ3) is 2.87. The first-order valence-electron chi connectivity index (χ1n) is 7.14. The van der Waals surface area contributed by atoms with Crippen LogP contribution in [0.3, 0.4) is 0 Å². The summed E-state index contributed by atoms with van der Waals surface area (Å²) in [5.41, 5.74) is 5.69. The third-order valence-electron chi connectivity index (χ3n) is 4.13. The maximum absolute atomic E-state index is 12.6. The molecule has 2 aromatic rings. The molecule has 6 heteroatoms. The molecule has 0 saturated carbocycles. The Labute approximate surface area is 134 Å². The van der Waals surface area contributed by atoms with Gasteiger partial charge < -0.3 is 15.1 Å². The Morgan fingerprint density at radius 2 is 2.14 bits per heavy atom. The van der Waals surface area contributed by atoms with Gasteiger partial charge in [-0.15, -0.1) is 12.4 Å². The van der Waals surface area contributed by atoms with Crippen molar-refractivity contribution >= 4 is 29.3 Å². The standard InChI is InChI=1S/C16H18N2O3.ClH/c1-10-6-11(8-17)9-18(10)15(19)13-7-12-4-2-3-5-14(12)21-16(13)20;/h2-5,7,10-11H,6,8-9,17H2,1H3;1H. The van der Waals surface area contributed by atoms with E-state index >= 15 is 0 Å². The van der Waals surface area contributed by atoms with E-state index < -0.39 is 5.63 Å². The van der Waals surface area contributed by atoms with E-state index in [1.165, 1.54) is 0 Å². The molecular weight excluding hydrogens is 304 g/mol. The van der Waals surface area contributed by atoms with E-state index in [0.717, 1.165) is 11.8 Å². The largest absolute Gasteiger partial charge is 0.422 e. The van der Waals surface area contributed by atoms with Crippen molar-refractivity contribution in [3.63, 3.8) is 0 Å². The minimum absolute atomic E-state index is 0. The Morgan fingerprint density at radius 3 is 2.82 bits per heavy atom. The Morgan fingerprint density at radius 1 is 1.41 bits per heavy atom. The SMILES string of the molecule is CC1CC(CN)CN1C(=O)c1cc2ccccc2oc1=O.Cl. The number of halogens is 1. The highest BCUT2D eigenvalue weighted by Crippen LogP contribution is 2.24. The van der Waals surface area contributed by atoms with Crippen LogP contribution in [-0.2, 0) is 0 Å². The molecule has 1 amide bonds. The maximum atomic E-state index is 12.6. The summed E-state index contributed by atoms with van der Waals surface area (Å²) in [6.07, 6.45) is 0.876. The molecule has 1 aromatic heterocycles. The average molecular weight is 323 g/mol. The van der Waals surface area contributed by atoms with Gasteiger partial charge in [0.1, 0.15) is 11.1 Å². The van der Waals surface area contributed by atoms with Crippen LogP contribution >= 0.6 is 12.4 Å². The van der Waals surface area contributed by atoms with Gasteiger partial charge in [0.05, 0.1) is 0 Å². The van der Waals surface area contributed by atoms with Crippen molar-refractivity contribution in [3.8, 4) is 0 Å². The van der Waals surface area contributed by atoms with Gasteiger partial charge in [-0.3, -0.25) is 4.79 Å². The summed E-state index contributed by atoms with van der Waals surface area (Å²) >= 11 is 0. The van der Waals surface area contributed by atoms with Crippen molar-refractivity contribution in [2.75, 3.05) is 13.1 Å². The fraction of sp³-hybridized carbons (Fsp3) is 0.375. The number of amides is 1. The molecule has 1 fully saturated rings. The van der Waals surface area contributed by atoms with Gasteiger partial charge in [0.2, 0.25) is 0 Å². The Hall–Kier alpha value is -1.85. The normalized spacial score (nSPS) is 20.9. The number of fused-ring (bicyclic) bond motifs is 1. The second kappa shape index (κ2) is 6.50. The zero-order valence-corrected chi connectivity index (χ0v) is 13.1. The molecule has 3 rings (SSSR count). The molecule has 1 aliphatic rings. The first-order chi connectivity index (χ1) is 10.1. The molecular formula is C16H19ClN2O3. The molecule has 2 atom stereocenters. The second-order valence-corrected chi connectivity index (χ2v) is 5.63. The van der Waals surface area contributed by atoms with Crippen molar-refractivity contribution in [2.24, 2.45) is 11.7 Å². The Kier molecular flexibility index (Phi) is 4.88. The molecule has 0 bridgehead atoms. The summed E-state index contributed by atoms with van der Waals surface area (Å²) in [6.45, 7) is 3.14. The van der Waals surface area contributed by atoms with Gasteiger partial charge >= 0.3 is 5.63 Å². The molecule has 0 aliphatic carbocycles. The van der Waals surface area contributed by atoms with Crippen LogP contribution in [0.2, 0.25) is 0 Å². The fourth-order valence-electron chi connectivity index (χ4n) is 2.96. The van der Waals surface area contributed by atoms with Crippen LogP contribution in [0.5, 0.6) is 0 Å². The highest BCUT2D eigenvalue weighted by Gasteiger charge is 2.33. The number of carbonyl (C=O) groups excluding carboxylic acids is 1. The van der Waals surface area contributed by atoms with E-state index in [2.05, 4.69) is 0 Å². The smallest absolute Gasteiger partial charge is 0.349 e.